The summed E-state index contributed by atoms with van der Waals surface area (Å²) in [5.41, 5.74) is 3.07. The lowest BCUT2D eigenvalue weighted by molar-refractivity contribution is 1.47. The van der Waals surface area contributed by atoms with Crippen LogP contribution in [0.5, 0.6) is 0 Å². The Bertz CT molecular complexity index is 450. The topological polar surface area (TPSA) is 17.1 Å². The molecule has 0 N–H and O–H groups in total. The van der Waals surface area contributed by atoms with Crippen LogP contribution < -0.4 is 4.74 Å². The smallest absolute Gasteiger partial charge is 0.250 e. The van der Waals surface area contributed by atoms with E-state index in [-0.39, 0.29) is 4.74 Å². The first-order valence-corrected chi connectivity index (χ1v) is 6.13. The van der Waals surface area contributed by atoms with Gasteiger partial charge in [-0.05, 0) is 22.8 Å². The third kappa shape index (κ3) is 1.71. The van der Waals surface area contributed by atoms with Gasteiger partial charge in [-0.1, -0.05) is 40.2 Å². The Hall–Kier alpha value is -0.930. The predicted molar refractivity (Wildman–Crippen MR) is 58.6 cm³/mol. The lowest BCUT2D eigenvalue weighted by Gasteiger charge is -1.95. The molecule has 13 heavy (non-hydrogen) atoms. The molecule has 0 bridgehead atoms. The van der Waals surface area contributed by atoms with Crippen molar-refractivity contribution in [2.45, 2.75) is 6.92 Å². The van der Waals surface area contributed by atoms with Crippen molar-refractivity contribution in [1.29, 1.82) is 0 Å². The van der Waals surface area contributed by atoms with Gasteiger partial charge in [-0.15, -0.1) is 0 Å². The first-order chi connectivity index (χ1) is 6.27. The molecule has 0 atom stereocenters. The van der Waals surface area contributed by atoms with Crippen molar-refractivity contribution in [3.63, 3.8) is 0 Å². The maximum atomic E-state index is 11.3. The number of aryl methyl sites for hydroxylation is 1. The summed E-state index contributed by atoms with van der Waals surface area (Å²) in [5.74, 6) is 0. The second-order valence-electron chi connectivity index (χ2n) is 2.86. The lowest BCUT2D eigenvalue weighted by atomic mass is 10.1. The maximum absolute atomic E-state index is 11.3. The molecule has 1 aromatic carbocycles. The highest BCUT2D eigenvalue weighted by Gasteiger charge is 2.02. The zero-order valence-electron chi connectivity index (χ0n) is 7.11. The molecule has 0 radical (unpaired) electrons. The summed E-state index contributed by atoms with van der Waals surface area (Å²) in [4.78, 5) is 11.3. The Morgan fingerprint density at radius 3 is 2.38 bits per heavy atom. The average Bonchev–Trinajstić information content (AvgIpc) is 2.53. The van der Waals surface area contributed by atoms with Gasteiger partial charge in [0.05, 0.1) is 5.56 Å². The minimum atomic E-state index is 0.161. The van der Waals surface area contributed by atoms with Crippen molar-refractivity contribution >= 4 is 20.7 Å². The Morgan fingerprint density at radius 1 is 1.15 bits per heavy atom. The van der Waals surface area contributed by atoms with Gasteiger partial charge in [0.25, 0.3) is 4.74 Å². The Balaban J connectivity index is 2.54. The van der Waals surface area contributed by atoms with E-state index in [1.54, 1.807) is 0 Å². The first-order valence-electron chi connectivity index (χ1n) is 3.92. The van der Waals surface area contributed by atoms with Gasteiger partial charge in [0.15, 0.2) is 0 Å². The zero-order chi connectivity index (χ0) is 9.26. The van der Waals surface area contributed by atoms with Crippen molar-refractivity contribution in [2.24, 2.45) is 0 Å². The van der Waals surface area contributed by atoms with Crippen molar-refractivity contribution < 1.29 is 0 Å². The maximum Gasteiger partial charge on any atom is 0.250 e. The van der Waals surface area contributed by atoms with Crippen LogP contribution in [0.4, 0.5) is 0 Å². The number of benzene rings is 1. The Kier molecular flexibility index (Phi) is 2.29. The van der Waals surface area contributed by atoms with Crippen molar-refractivity contribution in [1.82, 2.24) is 0 Å². The quantitative estimate of drug-likeness (QED) is 0.658. The molecule has 1 heterocycles. The molecule has 0 aliphatic heterocycles. The third-order valence-electron chi connectivity index (χ3n) is 1.87. The van der Waals surface area contributed by atoms with Gasteiger partial charge in [0.1, 0.15) is 0 Å². The van der Waals surface area contributed by atoms with Gasteiger partial charge >= 0.3 is 0 Å². The molecule has 2 rings (SSSR count). The van der Waals surface area contributed by atoms with Crippen LogP contribution in [0.3, 0.4) is 0 Å². The molecular formula is C10H8OS2. The van der Waals surface area contributed by atoms with Crippen LogP contribution in [0.1, 0.15) is 5.56 Å². The van der Waals surface area contributed by atoms with Crippen molar-refractivity contribution in [2.75, 3.05) is 0 Å². The molecule has 0 aliphatic carbocycles. The highest BCUT2D eigenvalue weighted by atomic mass is 32.9. The number of hydrogen-bond acceptors (Lipinski definition) is 3. The van der Waals surface area contributed by atoms with E-state index in [2.05, 4.69) is 0 Å². The summed E-state index contributed by atoms with van der Waals surface area (Å²) in [6, 6.07) is 8.03. The van der Waals surface area contributed by atoms with Crippen LogP contribution in [0.2, 0.25) is 0 Å². The highest BCUT2D eigenvalue weighted by Crippen LogP contribution is 2.20. The van der Waals surface area contributed by atoms with Crippen molar-refractivity contribution in [3.8, 4) is 11.1 Å². The third-order valence-corrected chi connectivity index (χ3v) is 3.70. The van der Waals surface area contributed by atoms with Gasteiger partial charge in [-0.2, -0.15) is 0 Å². The van der Waals surface area contributed by atoms with Gasteiger partial charge < -0.3 is 0 Å². The molecule has 3 heteroatoms. The molecule has 0 fully saturated rings. The predicted octanol–water partition coefficient (Wildman–Crippen LogP) is 3.15. The second kappa shape index (κ2) is 3.44. The summed E-state index contributed by atoms with van der Waals surface area (Å²) < 4.78 is 0.161. The lowest BCUT2D eigenvalue weighted by Crippen LogP contribution is -1.92. The monoisotopic (exact) mass is 208 g/mol. The number of hydrogen-bond donors (Lipinski definition) is 0. The molecule has 0 amide bonds. The van der Waals surface area contributed by atoms with Gasteiger partial charge in [0, 0.05) is 5.38 Å². The molecule has 0 saturated heterocycles. The SMILES string of the molecule is Cc1ccc(-c2cssc2=O)cc1. The molecule has 1 aromatic heterocycles. The van der Waals surface area contributed by atoms with E-state index in [1.807, 2.05) is 36.6 Å². The van der Waals surface area contributed by atoms with E-state index >= 15 is 0 Å². The summed E-state index contributed by atoms with van der Waals surface area (Å²) in [6.07, 6.45) is 0. The Labute approximate surface area is 83.7 Å². The van der Waals surface area contributed by atoms with E-state index in [4.69, 9.17) is 0 Å². The minimum Gasteiger partial charge on any atom is -0.276 e. The second-order valence-corrected chi connectivity index (χ2v) is 4.91. The zero-order valence-corrected chi connectivity index (χ0v) is 8.74. The highest BCUT2D eigenvalue weighted by molar-refractivity contribution is 7.68. The van der Waals surface area contributed by atoms with Crippen molar-refractivity contribution in [3.05, 3.63) is 44.7 Å². The summed E-state index contributed by atoms with van der Waals surface area (Å²) in [5, 5.41) is 1.91. The summed E-state index contributed by atoms with van der Waals surface area (Å²) >= 11 is 0. The molecular weight excluding hydrogens is 200 g/mol. The molecule has 2 aromatic rings. The van der Waals surface area contributed by atoms with E-state index in [1.165, 1.54) is 26.2 Å². The van der Waals surface area contributed by atoms with Gasteiger partial charge in [-0.25, -0.2) is 0 Å². The molecule has 0 unspecified atom stereocenters. The van der Waals surface area contributed by atoms with Gasteiger partial charge in [0.2, 0.25) is 0 Å². The van der Waals surface area contributed by atoms with Crippen LogP contribution in [-0.2, 0) is 0 Å². The standard InChI is InChI=1S/C10H8OS2/c1-7-2-4-8(5-3-7)9-6-12-13-10(9)11/h2-6H,1H3. The van der Waals surface area contributed by atoms with E-state index in [9.17, 15) is 4.79 Å². The van der Waals surface area contributed by atoms with E-state index < -0.39 is 0 Å². The van der Waals surface area contributed by atoms with Crippen LogP contribution in [-0.4, -0.2) is 0 Å². The molecule has 1 nitrogen and oxygen atoms in total. The first kappa shape index (κ1) is 8.66. The Morgan fingerprint density at radius 2 is 1.85 bits per heavy atom. The largest absolute Gasteiger partial charge is 0.276 e. The molecule has 66 valence electrons. The molecule has 0 saturated carbocycles. The van der Waals surface area contributed by atoms with E-state index in [0.717, 1.165) is 11.1 Å². The van der Waals surface area contributed by atoms with Crippen LogP contribution in [0.25, 0.3) is 11.1 Å². The van der Waals surface area contributed by atoms with E-state index in [0.29, 0.717) is 0 Å². The van der Waals surface area contributed by atoms with Crippen LogP contribution in [0.15, 0.2) is 34.4 Å². The fraction of sp³-hybridized carbons (Fsp3) is 0.100. The van der Waals surface area contributed by atoms with Crippen LogP contribution >= 0.6 is 20.7 Å². The number of rotatable bonds is 1. The summed E-state index contributed by atoms with van der Waals surface area (Å²) in [6.45, 7) is 2.04. The van der Waals surface area contributed by atoms with Crippen LogP contribution in [0, 0.1) is 6.92 Å². The fourth-order valence-electron chi connectivity index (χ4n) is 1.13. The van der Waals surface area contributed by atoms with Gasteiger partial charge in [-0.3, -0.25) is 4.79 Å². The molecule has 0 aliphatic rings. The average molecular weight is 208 g/mol. The normalized spacial score (nSPS) is 10.2. The fourth-order valence-corrected chi connectivity index (χ4v) is 2.91. The molecule has 0 spiro atoms. The summed E-state index contributed by atoms with van der Waals surface area (Å²) in [7, 11) is 2.78. The minimum absolute atomic E-state index is 0.161.